The van der Waals surface area contributed by atoms with Crippen molar-refractivity contribution >= 4 is 7.25 Å². The molecule has 0 aliphatic carbocycles. The Balaban J connectivity index is 0.000000566. The summed E-state index contributed by atoms with van der Waals surface area (Å²) < 4.78 is 71.0. The molecule has 1 aromatic carbocycles. The van der Waals surface area contributed by atoms with Crippen LogP contribution in [-0.4, -0.2) is 86.5 Å². The maximum atomic E-state index is 9.75. The normalized spacial score (nSPS) is 18.2. The second-order valence-electron chi connectivity index (χ2n) is 5.90. The van der Waals surface area contributed by atoms with Gasteiger partial charge in [0, 0.05) is 5.56 Å². The number of halogens is 4. The molecule has 1 aliphatic rings. The average Bonchev–Trinajstić information content (AvgIpc) is 2.74. The van der Waals surface area contributed by atoms with E-state index in [9.17, 15) is 17.3 Å². The SMILES string of the molecule is C1COCCOCCOCCOCCOCCO1.F[B-](F)(F)F.[NH3+]Cc1ccccc1. The van der Waals surface area contributed by atoms with Gasteiger partial charge in [0.15, 0.2) is 0 Å². The van der Waals surface area contributed by atoms with E-state index in [1.807, 2.05) is 18.2 Å². The van der Waals surface area contributed by atoms with E-state index in [4.69, 9.17) is 28.4 Å². The molecule has 1 heterocycles. The Morgan fingerprint density at radius 2 is 0.774 bits per heavy atom. The molecule has 1 fully saturated rings. The van der Waals surface area contributed by atoms with Crippen LogP contribution in [0.1, 0.15) is 5.56 Å². The van der Waals surface area contributed by atoms with Crippen molar-refractivity contribution in [1.29, 1.82) is 0 Å². The Bertz CT molecular complexity index is 407. The molecule has 0 aromatic heterocycles. The highest BCUT2D eigenvalue weighted by Gasteiger charge is 2.20. The Hall–Kier alpha value is -1.28. The number of benzene rings is 1. The van der Waals surface area contributed by atoms with Crippen molar-refractivity contribution < 1.29 is 51.4 Å². The summed E-state index contributed by atoms with van der Waals surface area (Å²) in [7, 11) is -6.00. The van der Waals surface area contributed by atoms with Gasteiger partial charge in [-0.25, -0.2) is 0 Å². The molecule has 3 N–H and O–H groups in total. The monoisotopic (exact) mass is 459 g/mol. The van der Waals surface area contributed by atoms with Gasteiger partial charge in [-0.3, -0.25) is 0 Å². The van der Waals surface area contributed by atoms with Gasteiger partial charge in [0.1, 0.15) is 0 Å². The molecular weight excluding hydrogens is 425 g/mol. The molecule has 1 aliphatic heterocycles. The third kappa shape index (κ3) is 28.7. The fourth-order valence-corrected chi connectivity index (χ4v) is 1.96. The molecule has 12 heteroatoms. The lowest BCUT2D eigenvalue weighted by Crippen LogP contribution is -2.47. The van der Waals surface area contributed by atoms with Crippen molar-refractivity contribution in [2.45, 2.75) is 6.54 Å². The van der Waals surface area contributed by atoms with E-state index in [0.717, 1.165) is 6.54 Å². The molecule has 0 unspecified atom stereocenters. The lowest BCUT2D eigenvalue weighted by Gasteiger charge is -2.09. The van der Waals surface area contributed by atoms with Crippen molar-refractivity contribution in [3.05, 3.63) is 35.9 Å². The van der Waals surface area contributed by atoms with E-state index in [-0.39, 0.29) is 0 Å². The quantitative estimate of drug-likeness (QED) is 0.510. The Morgan fingerprint density at radius 1 is 0.548 bits per heavy atom. The first-order chi connectivity index (χ1) is 14.9. The molecule has 0 bridgehead atoms. The van der Waals surface area contributed by atoms with E-state index >= 15 is 0 Å². The highest BCUT2D eigenvalue weighted by Crippen LogP contribution is 2.06. The van der Waals surface area contributed by atoms with Crippen LogP contribution in [0.2, 0.25) is 0 Å². The molecule has 31 heavy (non-hydrogen) atoms. The first-order valence-corrected chi connectivity index (χ1v) is 10.1. The minimum Gasteiger partial charge on any atom is -0.418 e. The molecule has 0 atom stereocenters. The minimum atomic E-state index is -6.00. The molecule has 0 saturated carbocycles. The van der Waals surface area contributed by atoms with E-state index in [0.29, 0.717) is 79.3 Å². The molecule has 1 saturated heterocycles. The zero-order valence-electron chi connectivity index (χ0n) is 17.8. The molecule has 0 amide bonds. The van der Waals surface area contributed by atoms with Crippen molar-refractivity contribution in [1.82, 2.24) is 0 Å². The highest BCUT2D eigenvalue weighted by molar-refractivity contribution is 6.50. The second kappa shape index (κ2) is 21.9. The zero-order chi connectivity index (χ0) is 23.0. The van der Waals surface area contributed by atoms with Crippen molar-refractivity contribution in [3.63, 3.8) is 0 Å². The Morgan fingerprint density at radius 3 is 0.935 bits per heavy atom. The lowest BCUT2D eigenvalue weighted by atomic mass is 10.2. The second-order valence-corrected chi connectivity index (χ2v) is 5.90. The predicted molar refractivity (Wildman–Crippen MR) is 108 cm³/mol. The van der Waals surface area contributed by atoms with Crippen LogP contribution >= 0.6 is 0 Å². The van der Waals surface area contributed by atoms with Gasteiger partial charge >= 0.3 is 7.25 Å². The fourth-order valence-electron chi connectivity index (χ4n) is 1.96. The van der Waals surface area contributed by atoms with Crippen LogP contribution in [0.15, 0.2) is 30.3 Å². The Kier molecular flexibility index (Phi) is 21.0. The Labute approximate surface area is 181 Å². The third-order valence-electron chi connectivity index (χ3n) is 3.36. The first kappa shape index (κ1) is 29.7. The van der Waals surface area contributed by atoms with E-state index in [1.54, 1.807) is 0 Å². The minimum absolute atomic E-state index is 0.586. The summed E-state index contributed by atoms with van der Waals surface area (Å²) in [6, 6.07) is 10.2. The van der Waals surface area contributed by atoms with Gasteiger partial charge in [0.05, 0.1) is 85.8 Å². The van der Waals surface area contributed by atoms with Gasteiger partial charge in [-0.1, -0.05) is 30.3 Å². The average molecular weight is 459 g/mol. The highest BCUT2D eigenvalue weighted by atomic mass is 19.5. The van der Waals surface area contributed by atoms with Crippen molar-refractivity contribution in [2.75, 3.05) is 79.3 Å². The molecule has 2 rings (SSSR count). The molecule has 1 aromatic rings. The van der Waals surface area contributed by atoms with Crippen LogP contribution in [0.25, 0.3) is 0 Å². The van der Waals surface area contributed by atoms with Gasteiger partial charge in [-0.2, -0.15) is 0 Å². The molecular formula is C19H34BF4NO6. The largest absolute Gasteiger partial charge is 0.673 e. The molecule has 182 valence electrons. The summed E-state index contributed by atoms with van der Waals surface area (Å²) in [6.45, 7) is 7.93. The van der Waals surface area contributed by atoms with Crippen LogP contribution in [0.3, 0.4) is 0 Å². The van der Waals surface area contributed by atoms with Crippen LogP contribution in [0.4, 0.5) is 17.3 Å². The van der Waals surface area contributed by atoms with Crippen LogP contribution < -0.4 is 5.73 Å². The van der Waals surface area contributed by atoms with E-state index in [1.165, 1.54) is 5.56 Å². The number of hydrogen-bond acceptors (Lipinski definition) is 6. The summed E-state index contributed by atoms with van der Waals surface area (Å²) in [5, 5.41) is 0. The van der Waals surface area contributed by atoms with E-state index < -0.39 is 7.25 Å². The predicted octanol–water partition coefficient (Wildman–Crippen LogP) is 1.83. The third-order valence-corrected chi connectivity index (χ3v) is 3.36. The van der Waals surface area contributed by atoms with E-state index in [2.05, 4.69) is 17.9 Å². The summed E-state index contributed by atoms with van der Waals surface area (Å²) in [6.07, 6.45) is 0. The number of quaternary nitrogens is 1. The maximum Gasteiger partial charge on any atom is 0.673 e. The standard InChI is InChI=1S/C12H24O6.C7H9N.BF4/c1-2-14-5-6-16-9-10-18-12-11-17-8-7-15-4-3-13-1;8-6-7-4-2-1-3-5-7;2-1(3,4)5/h1-12H2;1-5H,6,8H2;/q;;-1/p+1. The topological polar surface area (TPSA) is 83.0 Å². The summed E-state index contributed by atoms with van der Waals surface area (Å²) in [5.41, 5.74) is 5.05. The van der Waals surface area contributed by atoms with Crippen LogP contribution in [-0.2, 0) is 35.0 Å². The number of ether oxygens (including phenoxy) is 6. The lowest BCUT2D eigenvalue weighted by molar-refractivity contribution is -0.386. The maximum absolute atomic E-state index is 9.75. The zero-order valence-corrected chi connectivity index (χ0v) is 17.8. The first-order valence-electron chi connectivity index (χ1n) is 10.1. The van der Waals surface area contributed by atoms with Crippen molar-refractivity contribution in [2.24, 2.45) is 0 Å². The van der Waals surface area contributed by atoms with Gasteiger partial charge in [-0.05, 0) is 0 Å². The number of hydrogen-bond donors (Lipinski definition) is 1. The van der Waals surface area contributed by atoms with Gasteiger partial charge in [0.25, 0.3) is 0 Å². The summed E-state index contributed by atoms with van der Waals surface area (Å²) in [4.78, 5) is 0. The van der Waals surface area contributed by atoms with Gasteiger partial charge in [0.2, 0.25) is 0 Å². The fraction of sp³-hybridized carbons (Fsp3) is 0.684. The van der Waals surface area contributed by atoms with Crippen LogP contribution in [0.5, 0.6) is 0 Å². The summed E-state index contributed by atoms with van der Waals surface area (Å²) in [5.74, 6) is 0. The van der Waals surface area contributed by atoms with Gasteiger partial charge in [-0.15, -0.1) is 0 Å². The smallest absolute Gasteiger partial charge is 0.418 e. The molecule has 7 nitrogen and oxygen atoms in total. The van der Waals surface area contributed by atoms with Crippen LogP contribution in [0, 0.1) is 0 Å². The summed E-state index contributed by atoms with van der Waals surface area (Å²) >= 11 is 0. The number of rotatable bonds is 1. The van der Waals surface area contributed by atoms with Crippen molar-refractivity contribution in [3.8, 4) is 0 Å². The molecule has 0 radical (unpaired) electrons. The molecule has 0 spiro atoms. The van der Waals surface area contributed by atoms with Gasteiger partial charge < -0.3 is 51.4 Å².